The van der Waals surface area contributed by atoms with Gasteiger partial charge in [-0.2, -0.15) is 0 Å². The Kier molecular flexibility index (Phi) is 3.58. The van der Waals surface area contributed by atoms with Gasteiger partial charge < -0.3 is 9.72 Å². The SMILES string of the molecule is C=CCc1ccc2[nH]c3ccccc3c2c1-c1ccc(OC)cc1. The van der Waals surface area contributed by atoms with Crippen LogP contribution in [0.25, 0.3) is 32.9 Å². The zero-order valence-electron chi connectivity index (χ0n) is 13.7. The van der Waals surface area contributed by atoms with E-state index in [1.165, 1.54) is 27.5 Å². The summed E-state index contributed by atoms with van der Waals surface area (Å²) in [6.45, 7) is 3.92. The van der Waals surface area contributed by atoms with Crippen molar-refractivity contribution in [3.63, 3.8) is 0 Å². The van der Waals surface area contributed by atoms with Crippen molar-refractivity contribution in [2.75, 3.05) is 7.11 Å². The third-order valence-corrected chi connectivity index (χ3v) is 4.50. The maximum absolute atomic E-state index is 5.30. The maximum Gasteiger partial charge on any atom is 0.118 e. The number of ether oxygens (including phenoxy) is 1. The Morgan fingerprint density at radius 1 is 0.958 bits per heavy atom. The molecule has 0 aliphatic rings. The number of rotatable bonds is 4. The predicted molar refractivity (Wildman–Crippen MR) is 102 cm³/mol. The van der Waals surface area contributed by atoms with E-state index < -0.39 is 0 Å². The van der Waals surface area contributed by atoms with Gasteiger partial charge in [-0.25, -0.2) is 0 Å². The van der Waals surface area contributed by atoms with Crippen LogP contribution in [0.3, 0.4) is 0 Å². The highest BCUT2D eigenvalue weighted by Crippen LogP contribution is 2.37. The summed E-state index contributed by atoms with van der Waals surface area (Å²) in [5, 5.41) is 2.53. The first-order valence-electron chi connectivity index (χ1n) is 8.09. The number of benzene rings is 3. The Hall–Kier alpha value is -3.00. The molecule has 1 N–H and O–H groups in total. The number of hydrogen-bond acceptors (Lipinski definition) is 1. The molecule has 0 atom stereocenters. The van der Waals surface area contributed by atoms with Gasteiger partial charge in [0.1, 0.15) is 5.75 Å². The smallest absolute Gasteiger partial charge is 0.118 e. The van der Waals surface area contributed by atoms with Crippen LogP contribution in [0.1, 0.15) is 5.56 Å². The fourth-order valence-electron chi connectivity index (χ4n) is 3.40. The van der Waals surface area contributed by atoms with Gasteiger partial charge in [0.15, 0.2) is 0 Å². The van der Waals surface area contributed by atoms with Crippen molar-refractivity contribution in [1.29, 1.82) is 0 Å². The van der Waals surface area contributed by atoms with E-state index in [9.17, 15) is 0 Å². The van der Waals surface area contributed by atoms with E-state index in [4.69, 9.17) is 4.74 Å². The summed E-state index contributed by atoms with van der Waals surface area (Å²) in [6.07, 6.45) is 2.81. The summed E-state index contributed by atoms with van der Waals surface area (Å²) < 4.78 is 5.30. The fraction of sp³-hybridized carbons (Fsp3) is 0.0909. The van der Waals surface area contributed by atoms with Gasteiger partial charge in [0.2, 0.25) is 0 Å². The number of para-hydroxylation sites is 1. The molecular weight excluding hydrogens is 294 g/mol. The highest BCUT2D eigenvalue weighted by molar-refractivity contribution is 6.14. The molecule has 24 heavy (non-hydrogen) atoms. The lowest BCUT2D eigenvalue weighted by atomic mass is 9.93. The van der Waals surface area contributed by atoms with Gasteiger partial charge in [0, 0.05) is 21.8 Å². The van der Waals surface area contributed by atoms with E-state index in [1.807, 2.05) is 18.2 Å². The van der Waals surface area contributed by atoms with Gasteiger partial charge in [0.25, 0.3) is 0 Å². The van der Waals surface area contributed by atoms with Crippen molar-refractivity contribution in [2.45, 2.75) is 6.42 Å². The highest BCUT2D eigenvalue weighted by atomic mass is 16.5. The molecule has 2 nitrogen and oxygen atoms in total. The molecule has 2 heteroatoms. The normalized spacial score (nSPS) is 11.0. The number of hydrogen-bond donors (Lipinski definition) is 1. The monoisotopic (exact) mass is 313 g/mol. The number of allylic oxidation sites excluding steroid dienone is 1. The van der Waals surface area contributed by atoms with E-state index in [1.54, 1.807) is 7.11 Å². The second kappa shape index (κ2) is 5.89. The number of fused-ring (bicyclic) bond motifs is 3. The van der Waals surface area contributed by atoms with E-state index in [0.717, 1.165) is 23.2 Å². The molecule has 0 bridgehead atoms. The van der Waals surface area contributed by atoms with Crippen molar-refractivity contribution < 1.29 is 4.74 Å². The van der Waals surface area contributed by atoms with Crippen molar-refractivity contribution in [2.24, 2.45) is 0 Å². The molecule has 0 fully saturated rings. The molecule has 0 radical (unpaired) electrons. The van der Waals surface area contributed by atoms with E-state index in [2.05, 4.69) is 60.1 Å². The molecule has 0 saturated carbocycles. The fourth-order valence-corrected chi connectivity index (χ4v) is 3.40. The lowest BCUT2D eigenvalue weighted by Gasteiger charge is -2.12. The van der Waals surface area contributed by atoms with Crippen LogP contribution in [-0.2, 0) is 6.42 Å². The van der Waals surface area contributed by atoms with Gasteiger partial charge in [-0.05, 0) is 47.4 Å². The summed E-state index contributed by atoms with van der Waals surface area (Å²) in [5.41, 5.74) is 6.08. The molecule has 118 valence electrons. The van der Waals surface area contributed by atoms with Gasteiger partial charge in [-0.15, -0.1) is 6.58 Å². The first kappa shape index (κ1) is 14.6. The molecule has 1 heterocycles. The summed E-state index contributed by atoms with van der Waals surface area (Å²) in [6, 6.07) is 21.1. The van der Waals surface area contributed by atoms with Gasteiger partial charge in [0.05, 0.1) is 7.11 Å². The zero-order valence-corrected chi connectivity index (χ0v) is 13.7. The summed E-state index contributed by atoms with van der Waals surface area (Å²) in [7, 11) is 1.69. The largest absolute Gasteiger partial charge is 0.497 e. The highest BCUT2D eigenvalue weighted by Gasteiger charge is 2.14. The minimum absolute atomic E-state index is 0.844. The Morgan fingerprint density at radius 3 is 2.50 bits per heavy atom. The van der Waals surface area contributed by atoms with Gasteiger partial charge in [-0.1, -0.05) is 42.5 Å². The van der Waals surface area contributed by atoms with Crippen LogP contribution in [-0.4, -0.2) is 12.1 Å². The standard InChI is InChI=1S/C22H19NO/c1-3-6-15-11-14-20-22(18-7-4-5-8-19(18)23-20)21(15)16-9-12-17(24-2)13-10-16/h3-5,7-14,23H,1,6H2,2H3. The molecule has 0 amide bonds. The quantitative estimate of drug-likeness (QED) is 0.478. The molecule has 3 aromatic carbocycles. The maximum atomic E-state index is 5.30. The summed E-state index contributed by atoms with van der Waals surface area (Å²) in [5.74, 6) is 0.870. The number of methoxy groups -OCH3 is 1. The van der Waals surface area contributed by atoms with E-state index in [-0.39, 0.29) is 0 Å². The average molecular weight is 313 g/mol. The zero-order chi connectivity index (χ0) is 16.5. The molecule has 0 aliphatic heterocycles. The van der Waals surface area contributed by atoms with Crippen LogP contribution in [0.5, 0.6) is 5.75 Å². The predicted octanol–water partition coefficient (Wildman–Crippen LogP) is 5.73. The molecule has 1 aromatic heterocycles. The van der Waals surface area contributed by atoms with Crippen molar-refractivity contribution in [1.82, 2.24) is 4.98 Å². The number of nitrogens with one attached hydrogen (secondary N) is 1. The Bertz CT molecular complexity index is 1030. The lowest BCUT2D eigenvalue weighted by molar-refractivity contribution is 0.415. The average Bonchev–Trinajstić information content (AvgIpc) is 3.01. The Balaban J connectivity index is 2.08. The summed E-state index contributed by atoms with van der Waals surface area (Å²) >= 11 is 0. The third-order valence-electron chi connectivity index (χ3n) is 4.50. The molecule has 0 aliphatic carbocycles. The van der Waals surface area contributed by atoms with Crippen LogP contribution in [0.4, 0.5) is 0 Å². The minimum atomic E-state index is 0.844. The van der Waals surface area contributed by atoms with Crippen LogP contribution >= 0.6 is 0 Å². The van der Waals surface area contributed by atoms with Crippen molar-refractivity contribution >= 4 is 21.8 Å². The van der Waals surface area contributed by atoms with Gasteiger partial charge in [-0.3, -0.25) is 0 Å². The van der Waals surface area contributed by atoms with Crippen molar-refractivity contribution in [3.05, 3.63) is 78.9 Å². The molecule has 4 rings (SSSR count). The Labute approximate surface area is 141 Å². The van der Waals surface area contributed by atoms with Crippen molar-refractivity contribution in [3.8, 4) is 16.9 Å². The second-order valence-corrected chi connectivity index (χ2v) is 5.91. The first-order chi connectivity index (χ1) is 11.8. The number of aromatic nitrogens is 1. The van der Waals surface area contributed by atoms with Crippen LogP contribution in [0, 0.1) is 0 Å². The third kappa shape index (κ3) is 2.28. The molecule has 0 unspecified atom stereocenters. The number of H-pyrrole nitrogens is 1. The Morgan fingerprint density at radius 2 is 1.75 bits per heavy atom. The molecular formula is C22H19NO. The minimum Gasteiger partial charge on any atom is -0.497 e. The topological polar surface area (TPSA) is 25.0 Å². The van der Waals surface area contributed by atoms with Crippen LogP contribution < -0.4 is 4.74 Å². The van der Waals surface area contributed by atoms with E-state index in [0.29, 0.717) is 0 Å². The number of aromatic amines is 1. The first-order valence-corrected chi connectivity index (χ1v) is 8.09. The second-order valence-electron chi connectivity index (χ2n) is 5.91. The van der Waals surface area contributed by atoms with Crippen LogP contribution in [0.15, 0.2) is 73.3 Å². The van der Waals surface area contributed by atoms with Gasteiger partial charge >= 0.3 is 0 Å². The molecule has 4 aromatic rings. The summed E-state index contributed by atoms with van der Waals surface area (Å²) in [4.78, 5) is 3.53. The molecule has 0 saturated heterocycles. The molecule has 0 spiro atoms. The lowest BCUT2D eigenvalue weighted by Crippen LogP contribution is -1.90. The van der Waals surface area contributed by atoms with E-state index >= 15 is 0 Å². The van der Waals surface area contributed by atoms with Crippen LogP contribution in [0.2, 0.25) is 0 Å².